The Morgan fingerprint density at radius 2 is 1.96 bits per heavy atom. The lowest BCUT2D eigenvalue weighted by atomic mass is 10.00. The molecule has 1 saturated heterocycles. The van der Waals surface area contributed by atoms with E-state index in [2.05, 4.69) is 60.0 Å². The Balaban J connectivity index is 0.00000264. The van der Waals surface area contributed by atoms with E-state index in [4.69, 9.17) is 5.73 Å². The fourth-order valence-electron chi connectivity index (χ4n) is 2.76. The third-order valence-electron chi connectivity index (χ3n) is 4.51. The van der Waals surface area contributed by atoms with Crippen molar-refractivity contribution in [1.29, 1.82) is 0 Å². The van der Waals surface area contributed by atoms with Crippen LogP contribution in [0.15, 0.2) is 29.3 Å². The number of guanidine groups is 1. The maximum atomic E-state index is 6.15. The van der Waals surface area contributed by atoms with E-state index in [0.717, 1.165) is 32.1 Å². The van der Waals surface area contributed by atoms with E-state index in [1.807, 2.05) is 0 Å². The summed E-state index contributed by atoms with van der Waals surface area (Å²) in [7, 11) is 2.14. The molecular formula is C18H31IN4. The topological polar surface area (TPSA) is 44.9 Å². The molecule has 1 heterocycles. The highest BCUT2D eigenvalue weighted by atomic mass is 127. The van der Waals surface area contributed by atoms with Gasteiger partial charge in [-0.1, -0.05) is 38.1 Å². The minimum absolute atomic E-state index is 0. The molecule has 1 fully saturated rings. The van der Waals surface area contributed by atoms with Crippen LogP contribution in [-0.4, -0.2) is 42.4 Å². The first kappa shape index (κ1) is 20.2. The highest BCUT2D eigenvalue weighted by Gasteiger charge is 2.16. The molecule has 1 aromatic carbocycles. The zero-order valence-electron chi connectivity index (χ0n) is 14.7. The van der Waals surface area contributed by atoms with E-state index >= 15 is 0 Å². The van der Waals surface area contributed by atoms with Crippen LogP contribution >= 0.6 is 24.0 Å². The Bertz CT molecular complexity index is 496. The second-order valence-electron chi connectivity index (χ2n) is 6.49. The van der Waals surface area contributed by atoms with E-state index in [9.17, 15) is 0 Å². The number of nitrogens with zero attached hydrogens (tertiary/aromatic N) is 3. The van der Waals surface area contributed by atoms with Gasteiger partial charge in [0.2, 0.25) is 0 Å². The molecule has 1 aliphatic rings. The zero-order valence-corrected chi connectivity index (χ0v) is 17.0. The second-order valence-corrected chi connectivity index (χ2v) is 6.49. The van der Waals surface area contributed by atoms with Crippen molar-refractivity contribution >= 4 is 29.9 Å². The van der Waals surface area contributed by atoms with E-state index in [1.165, 1.54) is 24.0 Å². The summed E-state index contributed by atoms with van der Waals surface area (Å²) >= 11 is 0. The number of hydrogen-bond donors (Lipinski definition) is 1. The summed E-state index contributed by atoms with van der Waals surface area (Å²) in [5.74, 6) is 1.51. The van der Waals surface area contributed by atoms with E-state index in [1.54, 1.807) is 0 Å². The van der Waals surface area contributed by atoms with Gasteiger partial charge < -0.3 is 15.5 Å². The monoisotopic (exact) mass is 430 g/mol. The van der Waals surface area contributed by atoms with E-state index in [-0.39, 0.29) is 24.0 Å². The molecule has 0 radical (unpaired) electrons. The van der Waals surface area contributed by atoms with Crippen molar-refractivity contribution in [2.45, 2.75) is 39.8 Å². The lowest BCUT2D eigenvalue weighted by molar-refractivity contribution is 0.277. The van der Waals surface area contributed by atoms with Gasteiger partial charge >= 0.3 is 0 Å². The molecule has 1 aliphatic heterocycles. The summed E-state index contributed by atoms with van der Waals surface area (Å²) in [6, 6.07) is 8.66. The van der Waals surface area contributed by atoms with Crippen molar-refractivity contribution in [3.05, 3.63) is 35.4 Å². The van der Waals surface area contributed by atoms with Gasteiger partial charge in [0.1, 0.15) is 0 Å². The maximum Gasteiger partial charge on any atom is 0.191 e. The predicted molar refractivity (Wildman–Crippen MR) is 109 cm³/mol. The number of rotatable bonds is 5. The summed E-state index contributed by atoms with van der Waals surface area (Å²) in [6.45, 7) is 9.27. The van der Waals surface area contributed by atoms with Crippen LogP contribution in [0.4, 0.5) is 0 Å². The van der Waals surface area contributed by atoms with E-state index < -0.39 is 0 Å². The summed E-state index contributed by atoms with van der Waals surface area (Å²) in [5, 5.41) is 0. The molecule has 4 nitrogen and oxygen atoms in total. The number of benzene rings is 1. The molecular weight excluding hydrogens is 399 g/mol. The number of halogens is 1. The van der Waals surface area contributed by atoms with Crippen LogP contribution in [0.1, 0.15) is 37.8 Å². The van der Waals surface area contributed by atoms with Gasteiger partial charge in [0.25, 0.3) is 0 Å². The van der Waals surface area contributed by atoms with Crippen LogP contribution < -0.4 is 5.73 Å². The van der Waals surface area contributed by atoms with Crippen molar-refractivity contribution in [3.8, 4) is 0 Å². The highest BCUT2D eigenvalue weighted by molar-refractivity contribution is 14.0. The van der Waals surface area contributed by atoms with Gasteiger partial charge in [0.05, 0.1) is 6.54 Å². The molecule has 23 heavy (non-hydrogen) atoms. The van der Waals surface area contributed by atoms with Gasteiger partial charge in [-0.3, -0.25) is 0 Å². The maximum absolute atomic E-state index is 6.15. The third-order valence-corrected chi connectivity index (χ3v) is 4.51. The van der Waals surface area contributed by atoms with Gasteiger partial charge in [0.15, 0.2) is 5.96 Å². The molecule has 1 aromatic rings. The SMILES string of the molecule is CCN(C)Cc1cccc(CN=C(N)N2CCC(C)CC2)c1.I. The number of likely N-dealkylation sites (tertiary alicyclic amines) is 1. The van der Waals surface area contributed by atoms with E-state index in [0.29, 0.717) is 12.5 Å². The van der Waals surface area contributed by atoms with Gasteiger partial charge in [-0.2, -0.15) is 0 Å². The standard InChI is InChI=1S/C18H30N4.HI/c1-4-21(3)14-17-7-5-6-16(12-17)13-20-18(19)22-10-8-15(2)9-11-22;/h5-7,12,15H,4,8-11,13-14H2,1-3H3,(H2,19,20);1H. The number of nitrogens with two attached hydrogens (primary N) is 1. The molecule has 5 heteroatoms. The molecule has 130 valence electrons. The third kappa shape index (κ3) is 6.67. The van der Waals surface area contributed by atoms with Crippen LogP contribution in [0.5, 0.6) is 0 Å². The van der Waals surface area contributed by atoms with Gasteiger partial charge in [-0.15, -0.1) is 24.0 Å². The van der Waals surface area contributed by atoms with Crippen molar-refractivity contribution < 1.29 is 0 Å². The number of piperidine rings is 1. The highest BCUT2D eigenvalue weighted by Crippen LogP contribution is 2.16. The Labute approximate surface area is 158 Å². The lowest BCUT2D eigenvalue weighted by Crippen LogP contribution is -2.42. The van der Waals surface area contributed by atoms with Crippen molar-refractivity contribution in [2.24, 2.45) is 16.6 Å². The zero-order chi connectivity index (χ0) is 15.9. The first-order valence-corrected chi connectivity index (χ1v) is 8.39. The van der Waals surface area contributed by atoms with Crippen LogP contribution in [0.25, 0.3) is 0 Å². The lowest BCUT2D eigenvalue weighted by Gasteiger charge is -2.31. The first-order valence-electron chi connectivity index (χ1n) is 8.39. The molecule has 0 atom stereocenters. The molecule has 0 saturated carbocycles. The fourth-order valence-corrected chi connectivity index (χ4v) is 2.76. The molecule has 0 aromatic heterocycles. The van der Waals surface area contributed by atoms with Crippen LogP contribution in [0, 0.1) is 5.92 Å². The van der Waals surface area contributed by atoms with Gasteiger partial charge in [-0.25, -0.2) is 4.99 Å². The number of aliphatic imine (C=N–C) groups is 1. The van der Waals surface area contributed by atoms with Crippen molar-refractivity contribution in [3.63, 3.8) is 0 Å². The minimum Gasteiger partial charge on any atom is -0.370 e. The average molecular weight is 430 g/mol. The molecule has 2 N–H and O–H groups in total. The summed E-state index contributed by atoms with van der Waals surface area (Å²) in [6.07, 6.45) is 2.43. The number of hydrogen-bond acceptors (Lipinski definition) is 2. The normalized spacial score (nSPS) is 16.5. The average Bonchev–Trinajstić information content (AvgIpc) is 2.53. The van der Waals surface area contributed by atoms with Crippen LogP contribution in [0.2, 0.25) is 0 Å². The quantitative estimate of drug-likeness (QED) is 0.443. The molecule has 2 rings (SSSR count). The van der Waals surface area contributed by atoms with Crippen molar-refractivity contribution in [2.75, 3.05) is 26.7 Å². The Morgan fingerprint density at radius 1 is 1.30 bits per heavy atom. The summed E-state index contributed by atoms with van der Waals surface area (Å²) in [5.41, 5.74) is 8.72. The van der Waals surface area contributed by atoms with Gasteiger partial charge in [-0.05, 0) is 43.5 Å². The smallest absolute Gasteiger partial charge is 0.191 e. The summed E-state index contributed by atoms with van der Waals surface area (Å²) in [4.78, 5) is 9.10. The Hall–Kier alpha value is -0.820. The molecule has 0 spiro atoms. The van der Waals surface area contributed by atoms with Crippen LogP contribution in [0.3, 0.4) is 0 Å². The van der Waals surface area contributed by atoms with Crippen LogP contribution in [-0.2, 0) is 13.1 Å². The fraction of sp³-hybridized carbons (Fsp3) is 0.611. The largest absolute Gasteiger partial charge is 0.370 e. The molecule has 0 unspecified atom stereocenters. The Kier molecular flexibility index (Phi) is 8.91. The molecule has 0 aliphatic carbocycles. The molecule has 0 bridgehead atoms. The van der Waals surface area contributed by atoms with Gasteiger partial charge in [0, 0.05) is 19.6 Å². The summed E-state index contributed by atoms with van der Waals surface area (Å²) < 4.78 is 0. The molecule has 0 amide bonds. The Morgan fingerprint density at radius 3 is 2.61 bits per heavy atom. The second kappa shape index (κ2) is 10.1. The minimum atomic E-state index is 0. The predicted octanol–water partition coefficient (Wildman–Crippen LogP) is 3.30. The first-order chi connectivity index (χ1) is 10.6. The van der Waals surface area contributed by atoms with Crippen molar-refractivity contribution in [1.82, 2.24) is 9.80 Å².